The van der Waals surface area contributed by atoms with E-state index >= 15 is 0 Å². The second-order valence-electron chi connectivity index (χ2n) is 4.68. The summed E-state index contributed by atoms with van der Waals surface area (Å²) in [6, 6.07) is 6.56. The zero-order valence-corrected chi connectivity index (χ0v) is 11.2. The summed E-state index contributed by atoms with van der Waals surface area (Å²) in [6.45, 7) is 0.0867. The van der Waals surface area contributed by atoms with Crippen molar-refractivity contribution < 1.29 is 5.11 Å². The first kappa shape index (κ1) is 11.2. The third-order valence-electron chi connectivity index (χ3n) is 3.58. The van der Waals surface area contributed by atoms with E-state index in [1.54, 1.807) is 0 Å². The molecule has 0 saturated heterocycles. The smallest absolute Gasteiger partial charge is 0.136 e. The molecule has 0 bridgehead atoms. The SMILES string of the molecule is OCc1ccc2c(Br)nn(C3CCCC3)c2c1. The van der Waals surface area contributed by atoms with Gasteiger partial charge in [-0.2, -0.15) is 5.10 Å². The number of aliphatic hydroxyl groups excluding tert-OH is 1. The monoisotopic (exact) mass is 294 g/mol. The van der Waals surface area contributed by atoms with E-state index in [1.807, 2.05) is 18.2 Å². The number of benzene rings is 1. The van der Waals surface area contributed by atoms with Crippen LogP contribution in [-0.4, -0.2) is 14.9 Å². The molecule has 0 spiro atoms. The lowest BCUT2D eigenvalue weighted by Crippen LogP contribution is -2.06. The lowest BCUT2D eigenvalue weighted by molar-refractivity contribution is 0.282. The Hall–Kier alpha value is -0.870. The molecule has 1 heterocycles. The number of halogens is 1. The fourth-order valence-corrected chi connectivity index (χ4v) is 3.18. The van der Waals surface area contributed by atoms with Crippen LogP contribution in [0.2, 0.25) is 0 Å². The van der Waals surface area contributed by atoms with Gasteiger partial charge in [0, 0.05) is 5.39 Å². The van der Waals surface area contributed by atoms with Crippen LogP contribution >= 0.6 is 15.9 Å². The van der Waals surface area contributed by atoms with E-state index in [-0.39, 0.29) is 6.61 Å². The van der Waals surface area contributed by atoms with Crippen molar-refractivity contribution in [3.63, 3.8) is 0 Å². The molecule has 2 aromatic rings. The average molecular weight is 295 g/mol. The summed E-state index contributed by atoms with van der Waals surface area (Å²) in [5, 5.41) is 15.0. The van der Waals surface area contributed by atoms with Crippen molar-refractivity contribution in [3.8, 4) is 0 Å². The largest absolute Gasteiger partial charge is 0.392 e. The van der Waals surface area contributed by atoms with Gasteiger partial charge in [-0.25, -0.2) is 0 Å². The first-order valence-electron chi connectivity index (χ1n) is 6.07. The van der Waals surface area contributed by atoms with Crippen molar-refractivity contribution in [2.24, 2.45) is 0 Å². The highest BCUT2D eigenvalue weighted by Gasteiger charge is 2.21. The Morgan fingerprint density at radius 3 is 2.82 bits per heavy atom. The van der Waals surface area contributed by atoms with Gasteiger partial charge >= 0.3 is 0 Å². The molecule has 3 nitrogen and oxygen atoms in total. The summed E-state index contributed by atoms with van der Waals surface area (Å²) in [7, 11) is 0. The van der Waals surface area contributed by atoms with E-state index in [0.717, 1.165) is 21.1 Å². The van der Waals surface area contributed by atoms with E-state index in [4.69, 9.17) is 0 Å². The molecule has 17 heavy (non-hydrogen) atoms. The summed E-state index contributed by atoms with van der Waals surface area (Å²) < 4.78 is 3.04. The Morgan fingerprint density at radius 2 is 2.12 bits per heavy atom. The van der Waals surface area contributed by atoms with Gasteiger partial charge in [-0.05, 0) is 46.5 Å². The molecule has 1 saturated carbocycles. The summed E-state index contributed by atoms with van der Waals surface area (Å²) in [5.74, 6) is 0. The Morgan fingerprint density at radius 1 is 1.35 bits per heavy atom. The van der Waals surface area contributed by atoms with Gasteiger partial charge in [0.05, 0.1) is 18.2 Å². The van der Waals surface area contributed by atoms with Crippen LogP contribution < -0.4 is 0 Å². The maximum atomic E-state index is 9.22. The van der Waals surface area contributed by atoms with Gasteiger partial charge in [0.25, 0.3) is 0 Å². The van der Waals surface area contributed by atoms with Crippen LogP contribution in [0.3, 0.4) is 0 Å². The Bertz CT molecular complexity index is 544. The summed E-state index contributed by atoms with van der Waals surface area (Å²) in [4.78, 5) is 0. The molecule has 1 aliphatic carbocycles. The van der Waals surface area contributed by atoms with E-state index in [2.05, 4.69) is 25.7 Å². The number of nitrogens with zero attached hydrogens (tertiary/aromatic N) is 2. The van der Waals surface area contributed by atoms with Gasteiger partial charge < -0.3 is 5.11 Å². The lowest BCUT2D eigenvalue weighted by Gasteiger charge is -2.11. The van der Waals surface area contributed by atoms with Crippen LogP contribution in [0.4, 0.5) is 0 Å². The molecular formula is C13H15BrN2O. The topological polar surface area (TPSA) is 38.1 Å². The van der Waals surface area contributed by atoms with Crippen molar-refractivity contribution in [1.82, 2.24) is 9.78 Å². The maximum Gasteiger partial charge on any atom is 0.136 e. The molecule has 1 aliphatic rings. The molecule has 0 atom stereocenters. The minimum atomic E-state index is 0.0867. The zero-order chi connectivity index (χ0) is 11.8. The zero-order valence-electron chi connectivity index (χ0n) is 9.56. The number of aliphatic hydroxyl groups is 1. The maximum absolute atomic E-state index is 9.22. The molecule has 1 aromatic heterocycles. The van der Waals surface area contributed by atoms with Gasteiger partial charge in [0.2, 0.25) is 0 Å². The fraction of sp³-hybridized carbons (Fsp3) is 0.462. The van der Waals surface area contributed by atoms with Crippen molar-refractivity contribution in [2.75, 3.05) is 0 Å². The minimum absolute atomic E-state index is 0.0867. The Balaban J connectivity index is 2.16. The van der Waals surface area contributed by atoms with Crippen molar-refractivity contribution >= 4 is 26.8 Å². The normalized spacial score (nSPS) is 17.1. The number of aromatic nitrogens is 2. The first-order valence-corrected chi connectivity index (χ1v) is 6.86. The first-order chi connectivity index (χ1) is 8.29. The van der Waals surface area contributed by atoms with Gasteiger partial charge in [0.1, 0.15) is 4.60 Å². The quantitative estimate of drug-likeness (QED) is 0.922. The molecule has 90 valence electrons. The van der Waals surface area contributed by atoms with Crippen LogP contribution in [0, 0.1) is 0 Å². The average Bonchev–Trinajstić information content (AvgIpc) is 2.97. The van der Waals surface area contributed by atoms with E-state index < -0.39 is 0 Å². The number of rotatable bonds is 2. The molecular weight excluding hydrogens is 280 g/mol. The molecule has 1 aromatic carbocycles. The van der Waals surface area contributed by atoms with Crippen LogP contribution in [-0.2, 0) is 6.61 Å². The molecule has 1 N–H and O–H groups in total. The van der Waals surface area contributed by atoms with Gasteiger partial charge in [0.15, 0.2) is 0 Å². The minimum Gasteiger partial charge on any atom is -0.392 e. The number of fused-ring (bicyclic) bond motifs is 1. The van der Waals surface area contributed by atoms with Crippen LogP contribution in [0.25, 0.3) is 10.9 Å². The molecule has 3 rings (SSSR count). The van der Waals surface area contributed by atoms with Crippen molar-refractivity contribution in [2.45, 2.75) is 38.3 Å². The highest BCUT2D eigenvalue weighted by atomic mass is 79.9. The van der Waals surface area contributed by atoms with E-state index in [0.29, 0.717) is 6.04 Å². The van der Waals surface area contributed by atoms with Gasteiger partial charge in [-0.15, -0.1) is 0 Å². The number of hydrogen-bond acceptors (Lipinski definition) is 2. The summed E-state index contributed by atoms with van der Waals surface area (Å²) in [5.41, 5.74) is 2.08. The van der Waals surface area contributed by atoms with Crippen molar-refractivity contribution in [1.29, 1.82) is 0 Å². The predicted molar refractivity (Wildman–Crippen MR) is 70.9 cm³/mol. The van der Waals surface area contributed by atoms with Gasteiger partial charge in [-0.3, -0.25) is 4.68 Å². The highest BCUT2D eigenvalue weighted by molar-refractivity contribution is 9.10. The standard InChI is InChI=1S/C13H15BrN2O/c14-13-11-6-5-9(8-17)7-12(11)16(15-13)10-3-1-2-4-10/h5-7,10,17H,1-4,8H2. The molecule has 0 amide bonds. The van der Waals surface area contributed by atoms with Crippen LogP contribution in [0.5, 0.6) is 0 Å². The predicted octanol–water partition coefficient (Wildman–Crippen LogP) is 3.41. The molecule has 1 fully saturated rings. The number of hydrogen-bond donors (Lipinski definition) is 1. The highest BCUT2D eigenvalue weighted by Crippen LogP contribution is 2.34. The molecule has 4 heteroatoms. The molecule has 0 radical (unpaired) electrons. The summed E-state index contributed by atoms with van der Waals surface area (Å²) >= 11 is 3.52. The van der Waals surface area contributed by atoms with E-state index in [9.17, 15) is 5.11 Å². The van der Waals surface area contributed by atoms with Gasteiger partial charge in [-0.1, -0.05) is 18.9 Å². The Kier molecular flexibility index (Phi) is 2.92. The Labute approximate surface area is 109 Å². The molecule has 0 unspecified atom stereocenters. The van der Waals surface area contributed by atoms with Crippen LogP contribution in [0.15, 0.2) is 22.8 Å². The van der Waals surface area contributed by atoms with Crippen molar-refractivity contribution in [3.05, 3.63) is 28.4 Å². The third kappa shape index (κ3) is 1.89. The summed E-state index contributed by atoms with van der Waals surface area (Å²) in [6.07, 6.45) is 5.02. The third-order valence-corrected chi connectivity index (χ3v) is 4.17. The fourth-order valence-electron chi connectivity index (χ4n) is 2.67. The second-order valence-corrected chi connectivity index (χ2v) is 5.43. The lowest BCUT2D eigenvalue weighted by atomic mass is 10.1. The molecule has 0 aliphatic heterocycles. The van der Waals surface area contributed by atoms with E-state index in [1.165, 1.54) is 25.7 Å². The van der Waals surface area contributed by atoms with Crippen LogP contribution in [0.1, 0.15) is 37.3 Å². The second kappa shape index (κ2) is 4.42.